The summed E-state index contributed by atoms with van der Waals surface area (Å²) in [6, 6.07) is 7.85. The van der Waals surface area contributed by atoms with Crippen LogP contribution in [0.5, 0.6) is 5.75 Å². The highest BCUT2D eigenvalue weighted by Gasteiger charge is 1.99. The zero-order valence-corrected chi connectivity index (χ0v) is 11.8. The van der Waals surface area contributed by atoms with Crippen LogP contribution in [0.2, 0.25) is 0 Å². The minimum atomic E-state index is 0.497. The van der Waals surface area contributed by atoms with Gasteiger partial charge in [0.1, 0.15) is 5.75 Å². The number of hydrazone groups is 1. The summed E-state index contributed by atoms with van der Waals surface area (Å²) >= 11 is 4.94. The van der Waals surface area contributed by atoms with Crippen molar-refractivity contribution in [3.8, 4) is 5.75 Å². The fourth-order valence-corrected chi connectivity index (χ4v) is 1.31. The molecule has 0 aromatic heterocycles. The lowest BCUT2D eigenvalue weighted by molar-refractivity contribution is 0.317. The average Bonchev–Trinajstić information content (AvgIpc) is 2.42. The summed E-state index contributed by atoms with van der Waals surface area (Å²) in [5, 5.41) is 7.47. The van der Waals surface area contributed by atoms with Gasteiger partial charge in [-0.1, -0.05) is 6.92 Å². The Morgan fingerprint density at radius 2 is 2.00 bits per heavy atom. The van der Waals surface area contributed by atoms with Gasteiger partial charge in [-0.15, -0.1) is 0 Å². The predicted octanol–water partition coefficient (Wildman–Crippen LogP) is 2.29. The molecule has 0 fully saturated rings. The van der Waals surface area contributed by atoms with Crippen LogP contribution < -0.4 is 15.5 Å². The van der Waals surface area contributed by atoms with Gasteiger partial charge >= 0.3 is 0 Å². The molecule has 0 aliphatic heterocycles. The summed E-state index contributed by atoms with van der Waals surface area (Å²) in [6.07, 6.45) is 1.01. The number of benzene rings is 1. The van der Waals surface area contributed by atoms with Gasteiger partial charge in [0.2, 0.25) is 0 Å². The fourth-order valence-electron chi connectivity index (χ4n) is 1.27. The molecule has 0 spiro atoms. The second kappa shape index (κ2) is 7.66. The number of nitrogens with zero attached hydrogens (tertiary/aromatic N) is 1. The average molecular weight is 265 g/mol. The topological polar surface area (TPSA) is 45.6 Å². The zero-order chi connectivity index (χ0) is 13.4. The summed E-state index contributed by atoms with van der Waals surface area (Å²) in [4.78, 5) is 0. The highest BCUT2D eigenvalue weighted by molar-refractivity contribution is 7.80. The van der Waals surface area contributed by atoms with Gasteiger partial charge in [0.25, 0.3) is 0 Å². The second-order valence-electron chi connectivity index (χ2n) is 3.76. The Hall–Kier alpha value is -1.62. The van der Waals surface area contributed by atoms with Gasteiger partial charge in [-0.25, -0.2) is 0 Å². The number of hydrogen-bond donors (Lipinski definition) is 2. The fraction of sp³-hybridized carbons (Fsp3) is 0.385. The van der Waals surface area contributed by atoms with E-state index in [-0.39, 0.29) is 0 Å². The van der Waals surface area contributed by atoms with Crippen LogP contribution in [0.1, 0.15) is 25.8 Å². The molecule has 1 aromatic carbocycles. The van der Waals surface area contributed by atoms with Crippen molar-refractivity contribution in [2.45, 2.75) is 20.3 Å². The molecule has 5 heteroatoms. The van der Waals surface area contributed by atoms with E-state index in [1.54, 1.807) is 7.05 Å². The van der Waals surface area contributed by atoms with Crippen molar-refractivity contribution in [3.05, 3.63) is 29.8 Å². The third-order valence-corrected chi connectivity index (χ3v) is 2.59. The van der Waals surface area contributed by atoms with Crippen LogP contribution in [0.15, 0.2) is 29.4 Å². The first-order valence-electron chi connectivity index (χ1n) is 5.92. The van der Waals surface area contributed by atoms with Gasteiger partial charge in [0, 0.05) is 7.05 Å². The van der Waals surface area contributed by atoms with Crippen LogP contribution in [0, 0.1) is 0 Å². The Labute approximate surface area is 113 Å². The highest BCUT2D eigenvalue weighted by atomic mass is 32.1. The molecular weight excluding hydrogens is 246 g/mol. The van der Waals surface area contributed by atoms with Gasteiger partial charge in [0.05, 0.1) is 12.3 Å². The van der Waals surface area contributed by atoms with E-state index < -0.39 is 0 Å². The molecule has 18 heavy (non-hydrogen) atoms. The maximum absolute atomic E-state index is 5.52. The molecule has 1 aromatic rings. The Balaban J connectivity index is 2.63. The number of ether oxygens (including phenoxy) is 1. The van der Waals surface area contributed by atoms with E-state index in [0.717, 1.165) is 30.1 Å². The lowest BCUT2D eigenvalue weighted by Gasteiger charge is -2.06. The van der Waals surface area contributed by atoms with E-state index in [1.807, 2.05) is 31.2 Å². The Kier molecular flexibility index (Phi) is 6.14. The van der Waals surface area contributed by atoms with Gasteiger partial charge in [-0.3, -0.25) is 5.43 Å². The summed E-state index contributed by atoms with van der Waals surface area (Å²) < 4.78 is 5.52. The number of thiocarbonyl (C=S) groups is 1. The van der Waals surface area contributed by atoms with Crippen LogP contribution in [-0.4, -0.2) is 24.5 Å². The molecule has 0 heterocycles. The molecule has 0 unspecified atom stereocenters. The molecule has 0 saturated carbocycles. The molecule has 0 aliphatic rings. The molecule has 1 rings (SSSR count). The minimum Gasteiger partial charge on any atom is -0.494 e. The number of rotatable bonds is 5. The van der Waals surface area contributed by atoms with Gasteiger partial charge in [-0.2, -0.15) is 5.10 Å². The molecule has 4 nitrogen and oxygen atoms in total. The Bertz CT molecular complexity index is 415. The van der Waals surface area contributed by atoms with Crippen molar-refractivity contribution in [1.82, 2.24) is 10.7 Å². The van der Waals surface area contributed by atoms with Crippen molar-refractivity contribution >= 4 is 23.0 Å². The van der Waals surface area contributed by atoms with Crippen molar-refractivity contribution in [3.63, 3.8) is 0 Å². The van der Waals surface area contributed by atoms with Crippen molar-refractivity contribution in [2.24, 2.45) is 5.10 Å². The first kappa shape index (κ1) is 14.4. The van der Waals surface area contributed by atoms with E-state index in [2.05, 4.69) is 22.8 Å². The molecule has 0 atom stereocenters. The SMILES string of the molecule is CCCOc1ccc(/C(C)=N\NC(=S)NC)cc1. The lowest BCUT2D eigenvalue weighted by Crippen LogP contribution is -2.29. The monoisotopic (exact) mass is 265 g/mol. The van der Waals surface area contributed by atoms with Crippen LogP contribution in [0.3, 0.4) is 0 Å². The predicted molar refractivity (Wildman–Crippen MR) is 79.2 cm³/mol. The summed E-state index contributed by atoms with van der Waals surface area (Å²) in [7, 11) is 1.75. The van der Waals surface area contributed by atoms with E-state index in [9.17, 15) is 0 Å². The minimum absolute atomic E-state index is 0.497. The lowest BCUT2D eigenvalue weighted by atomic mass is 10.1. The molecule has 98 valence electrons. The first-order chi connectivity index (χ1) is 8.67. The Morgan fingerprint density at radius 1 is 1.33 bits per heavy atom. The van der Waals surface area contributed by atoms with Crippen LogP contribution in [-0.2, 0) is 0 Å². The van der Waals surface area contributed by atoms with Crippen LogP contribution in [0.4, 0.5) is 0 Å². The largest absolute Gasteiger partial charge is 0.494 e. The quantitative estimate of drug-likeness (QED) is 0.487. The van der Waals surface area contributed by atoms with Gasteiger partial charge < -0.3 is 10.1 Å². The highest BCUT2D eigenvalue weighted by Crippen LogP contribution is 2.12. The number of nitrogens with one attached hydrogen (secondary N) is 2. The summed E-state index contributed by atoms with van der Waals surface area (Å²) in [6.45, 7) is 4.75. The summed E-state index contributed by atoms with van der Waals surface area (Å²) in [5.74, 6) is 0.882. The van der Waals surface area contributed by atoms with E-state index in [1.165, 1.54) is 0 Å². The standard InChI is InChI=1S/C13H19N3OS/c1-4-9-17-12-7-5-11(6-8-12)10(2)15-16-13(18)14-3/h5-8H,4,9H2,1-3H3,(H2,14,16,18)/b15-10-. The molecule has 2 N–H and O–H groups in total. The first-order valence-corrected chi connectivity index (χ1v) is 6.33. The molecule has 0 saturated heterocycles. The summed E-state index contributed by atoms with van der Waals surface area (Å²) in [5.41, 5.74) is 4.66. The van der Waals surface area contributed by atoms with Gasteiger partial charge in [-0.05, 0) is 55.4 Å². The van der Waals surface area contributed by atoms with E-state index in [4.69, 9.17) is 17.0 Å². The van der Waals surface area contributed by atoms with Crippen molar-refractivity contribution in [1.29, 1.82) is 0 Å². The van der Waals surface area contributed by atoms with E-state index in [0.29, 0.717) is 5.11 Å². The van der Waals surface area contributed by atoms with Gasteiger partial charge in [0.15, 0.2) is 5.11 Å². The molecule has 0 radical (unpaired) electrons. The smallest absolute Gasteiger partial charge is 0.186 e. The molecular formula is C13H19N3OS. The number of hydrogen-bond acceptors (Lipinski definition) is 3. The maximum atomic E-state index is 5.52. The zero-order valence-electron chi connectivity index (χ0n) is 11.0. The normalized spacial score (nSPS) is 10.9. The second-order valence-corrected chi connectivity index (χ2v) is 4.17. The molecule has 0 amide bonds. The molecule has 0 aliphatic carbocycles. The van der Waals surface area contributed by atoms with Crippen molar-refractivity contribution < 1.29 is 4.74 Å². The molecule has 0 bridgehead atoms. The third kappa shape index (κ3) is 4.71. The van der Waals surface area contributed by atoms with E-state index >= 15 is 0 Å². The Morgan fingerprint density at radius 3 is 2.56 bits per heavy atom. The third-order valence-electron chi connectivity index (χ3n) is 2.30. The van der Waals surface area contributed by atoms with Crippen LogP contribution in [0.25, 0.3) is 0 Å². The van der Waals surface area contributed by atoms with Crippen LogP contribution >= 0.6 is 12.2 Å². The van der Waals surface area contributed by atoms with Crippen molar-refractivity contribution in [2.75, 3.05) is 13.7 Å². The maximum Gasteiger partial charge on any atom is 0.186 e.